The quantitative estimate of drug-likeness (QED) is 0.839. The van der Waals surface area contributed by atoms with Crippen LogP contribution in [-0.2, 0) is 0 Å². The molecule has 0 bridgehead atoms. The Hall–Kier alpha value is -2.40. The summed E-state index contributed by atoms with van der Waals surface area (Å²) in [5.41, 5.74) is 1.96. The molecule has 1 aliphatic rings. The minimum Gasteiger partial charge on any atom is -0.438 e. The predicted octanol–water partition coefficient (Wildman–Crippen LogP) is 3.27. The summed E-state index contributed by atoms with van der Waals surface area (Å²) in [5, 5.41) is 0. The Labute approximate surface area is 149 Å². The normalized spacial score (nSPS) is 16.0. The van der Waals surface area contributed by atoms with Crippen molar-refractivity contribution < 1.29 is 9.21 Å². The number of aromatic nitrogens is 1. The molecule has 25 heavy (non-hydrogen) atoms. The maximum atomic E-state index is 12.7. The third kappa shape index (κ3) is 4.37. The number of carbonyl (C=O) groups excluding carboxylic acids is 1. The van der Waals surface area contributed by atoms with E-state index in [2.05, 4.69) is 34.2 Å². The van der Waals surface area contributed by atoms with Gasteiger partial charge >= 0.3 is 0 Å². The second kappa shape index (κ2) is 8.12. The Morgan fingerprint density at radius 1 is 1.20 bits per heavy atom. The van der Waals surface area contributed by atoms with Crippen LogP contribution in [0.5, 0.6) is 0 Å². The maximum absolute atomic E-state index is 12.7. The molecule has 5 nitrogen and oxygen atoms in total. The molecule has 132 valence electrons. The molecule has 0 saturated carbocycles. The summed E-state index contributed by atoms with van der Waals surface area (Å²) in [6.07, 6.45) is 5.69. The maximum Gasteiger partial charge on any atom is 0.291 e. The number of benzene rings is 1. The molecule has 1 aliphatic heterocycles. The molecule has 1 aromatic carbocycles. The summed E-state index contributed by atoms with van der Waals surface area (Å²) in [4.78, 5) is 21.1. The first-order chi connectivity index (χ1) is 12.1. The molecule has 2 heterocycles. The Balaban J connectivity index is 1.51. The van der Waals surface area contributed by atoms with Crippen LogP contribution < -0.4 is 0 Å². The Bertz CT molecular complexity index is 714. The van der Waals surface area contributed by atoms with Gasteiger partial charge in [0.1, 0.15) is 0 Å². The first-order valence-electron chi connectivity index (χ1n) is 8.81. The van der Waals surface area contributed by atoms with Crippen molar-refractivity contribution in [2.24, 2.45) is 0 Å². The SMILES string of the molecule is CC(C)c1ncoc1C(=O)N1CCN(C/C=C/c2ccccc2)CC1. The van der Waals surface area contributed by atoms with Gasteiger partial charge in [0.2, 0.25) is 5.76 Å². The lowest BCUT2D eigenvalue weighted by molar-refractivity contribution is 0.0617. The van der Waals surface area contributed by atoms with E-state index in [1.165, 1.54) is 12.0 Å². The highest BCUT2D eigenvalue weighted by atomic mass is 16.3. The van der Waals surface area contributed by atoms with E-state index in [-0.39, 0.29) is 11.8 Å². The van der Waals surface area contributed by atoms with Crippen LogP contribution in [-0.4, -0.2) is 53.4 Å². The van der Waals surface area contributed by atoms with Crippen LogP contribution >= 0.6 is 0 Å². The van der Waals surface area contributed by atoms with Crippen molar-refractivity contribution in [3.63, 3.8) is 0 Å². The van der Waals surface area contributed by atoms with Gasteiger partial charge in [0.25, 0.3) is 5.91 Å². The number of piperazine rings is 1. The largest absolute Gasteiger partial charge is 0.438 e. The number of hydrogen-bond acceptors (Lipinski definition) is 4. The molecule has 0 spiro atoms. The smallest absolute Gasteiger partial charge is 0.291 e. The summed E-state index contributed by atoms with van der Waals surface area (Å²) < 4.78 is 5.35. The van der Waals surface area contributed by atoms with Gasteiger partial charge in [-0.2, -0.15) is 0 Å². The third-order valence-electron chi connectivity index (χ3n) is 4.47. The molecule has 2 aromatic rings. The summed E-state index contributed by atoms with van der Waals surface area (Å²) in [6.45, 7) is 8.12. The van der Waals surface area contributed by atoms with E-state index < -0.39 is 0 Å². The number of rotatable bonds is 5. The van der Waals surface area contributed by atoms with E-state index in [4.69, 9.17) is 4.42 Å². The third-order valence-corrected chi connectivity index (χ3v) is 4.47. The van der Waals surface area contributed by atoms with Crippen molar-refractivity contribution in [2.45, 2.75) is 19.8 Å². The molecule has 0 radical (unpaired) electrons. The molecule has 3 rings (SSSR count). The van der Waals surface area contributed by atoms with Gasteiger partial charge in [0.15, 0.2) is 6.39 Å². The van der Waals surface area contributed by atoms with Gasteiger partial charge in [0, 0.05) is 32.7 Å². The summed E-state index contributed by atoms with van der Waals surface area (Å²) in [7, 11) is 0. The minimum atomic E-state index is -0.0410. The molecule has 1 aromatic heterocycles. The van der Waals surface area contributed by atoms with Crippen molar-refractivity contribution >= 4 is 12.0 Å². The molecule has 1 fully saturated rings. The Kier molecular flexibility index (Phi) is 5.66. The molecule has 0 atom stereocenters. The zero-order valence-corrected chi connectivity index (χ0v) is 14.9. The first kappa shape index (κ1) is 17.4. The van der Waals surface area contributed by atoms with E-state index >= 15 is 0 Å². The fraction of sp³-hybridized carbons (Fsp3) is 0.400. The first-order valence-corrected chi connectivity index (χ1v) is 8.81. The van der Waals surface area contributed by atoms with Crippen LogP contribution in [0.2, 0.25) is 0 Å². The molecule has 1 amide bonds. The topological polar surface area (TPSA) is 49.6 Å². The van der Waals surface area contributed by atoms with Crippen LogP contribution in [0.25, 0.3) is 6.08 Å². The highest BCUT2D eigenvalue weighted by molar-refractivity contribution is 5.92. The molecular formula is C20H25N3O2. The van der Waals surface area contributed by atoms with Crippen LogP contribution in [0.1, 0.15) is 41.6 Å². The molecule has 5 heteroatoms. The fourth-order valence-corrected chi connectivity index (χ4v) is 3.01. The van der Waals surface area contributed by atoms with Crippen molar-refractivity contribution in [1.82, 2.24) is 14.8 Å². The zero-order chi connectivity index (χ0) is 17.6. The average molecular weight is 339 g/mol. The Morgan fingerprint density at radius 2 is 1.92 bits per heavy atom. The molecule has 0 aliphatic carbocycles. The molecule has 0 N–H and O–H groups in total. The van der Waals surface area contributed by atoms with Crippen LogP contribution in [0.3, 0.4) is 0 Å². The van der Waals surface area contributed by atoms with Gasteiger partial charge in [-0.25, -0.2) is 4.98 Å². The summed E-state index contributed by atoms with van der Waals surface area (Å²) in [5.74, 6) is 0.537. The minimum absolute atomic E-state index is 0.0410. The second-order valence-corrected chi connectivity index (χ2v) is 6.63. The fourth-order valence-electron chi connectivity index (χ4n) is 3.01. The lowest BCUT2D eigenvalue weighted by atomic mass is 10.1. The number of hydrogen-bond donors (Lipinski definition) is 0. The van der Waals surface area contributed by atoms with E-state index in [1.54, 1.807) is 0 Å². The lowest BCUT2D eigenvalue weighted by Crippen LogP contribution is -2.48. The van der Waals surface area contributed by atoms with Gasteiger partial charge in [-0.05, 0) is 11.5 Å². The standard InChI is InChI=1S/C20H25N3O2/c1-16(2)18-19(25-15-21-18)20(24)23-13-11-22(12-14-23)10-6-9-17-7-4-3-5-8-17/h3-9,15-16H,10-14H2,1-2H3/b9-6+. The summed E-state index contributed by atoms with van der Waals surface area (Å²) in [6, 6.07) is 10.3. The van der Waals surface area contributed by atoms with Crippen molar-refractivity contribution in [2.75, 3.05) is 32.7 Å². The van der Waals surface area contributed by atoms with Gasteiger partial charge in [0.05, 0.1) is 5.69 Å². The van der Waals surface area contributed by atoms with Crippen molar-refractivity contribution in [3.8, 4) is 0 Å². The molecule has 0 unspecified atom stereocenters. The van der Waals surface area contributed by atoms with Crippen molar-refractivity contribution in [1.29, 1.82) is 0 Å². The number of amides is 1. The van der Waals surface area contributed by atoms with E-state index in [0.29, 0.717) is 5.76 Å². The van der Waals surface area contributed by atoms with Gasteiger partial charge in [-0.15, -0.1) is 0 Å². The highest BCUT2D eigenvalue weighted by Crippen LogP contribution is 2.19. The summed E-state index contributed by atoms with van der Waals surface area (Å²) >= 11 is 0. The van der Waals surface area contributed by atoms with E-state index in [0.717, 1.165) is 38.4 Å². The van der Waals surface area contributed by atoms with Crippen LogP contribution in [0.4, 0.5) is 0 Å². The zero-order valence-electron chi connectivity index (χ0n) is 14.9. The van der Waals surface area contributed by atoms with Crippen LogP contribution in [0.15, 0.2) is 47.2 Å². The highest BCUT2D eigenvalue weighted by Gasteiger charge is 2.27. The Morgan fingerprint density at radius 3 is 2.60 bits per heavy atom. The van der Waals surface area contributed by atoms with Gasteiger partial charge in [-0.1, -0.05) is 56.3 Å². The molecule has 1 saturated heterocycles. The predicted molar refractivity (Wildman–Crippen MR) is 98.4 cm³/mol. The van der Waals surface area contributed by atoms with E-state index in [1.807, 2.05) is 36.9 Å². The molecular weight excluding hydrogens is 314 g/mol. The monoisotopic (exact) mass is 339 g/mol. The number of carbonyl (C=O) groups is 1. The van der Waals surface area contributed by atoms with Crippen LogP contribution in [0, 0.1) is 0 Å². The van der Waals surface area contributed by atoms with Crippen molar-refractivity contribution in [3.05, 3.63) is 59.8 Å². The second-order valence-electron chi connectivity index (χ2n) is 6.63. The van der Waals surface area contributed by atoms with Gasteiger partial charge < -0.3 is 9.32 Å². The lowest BCUT2D eigenvalue weighted by Gasteiger charge is -2.33. The average Bonchev–Trinajstić information content (AvgIpc) is 3.13. The van der Waals surface area contributed by atoms with Gasteiger partial charge in [-0.3, -0.25) is 9.69 Å². The number of oxazole rings is 1. The number of nitrogens with zero attached hydrogens (tertiary/aromatic N) is 3. The van der Waals surface area contributed by atoms with E-state index in [9.17, 15) is 4.79 Å².